The highest BCUT2D eigenvalue weighted by atomic mass is 16.5. The van der Waals surface area contributed by atoms with E-state index in [-0.39, 0.29) is 0 Å². The van der Waals surface area contributed by atoms with Crippen LogP contribution in [0.5, 0.6) is 0 Å². The van der Waals surface area contributed by atoms with Gasteiger partial charge in [0.15, 0.2) is 0 Å². The molecule has 1 rings (SSSR count). The van der Waals surface area contributed by atoms with E-state index in [1.807, 2.05) is 6.08 Å². The van der Waals surface area contributed by atoms with Gasteiger partial charge < -0.3 is 4.74 Å². The van der Waals surface area contributed by atoms with Crippen LogP contribution in [0.3, 0.4) is 0 Å². The van der Waals surface area contributed by atoms with E-state index in [0.29, 0.717) is 6.10 Å². The maximum Gasteiger partial charge on any atom is 0.0575 e. The van der Waals surface area contributed by atoms with Crippen LogP contribution in [0.25, 0.3) is 0 Å². The van der Waals surface area contributed by atoms with Gasteiger partial charge in [-0.1, -0.05) is 13.0 Å². The average molecular weight is 168 g/mol. The summed E-state index contributed by atoms with van der Waals surface area (Å²) in [7, 11) is 0. The Bertz CT molecular complexity index is 123. The maximum absolute atomic E-state index is 5.70. The molecule has 0 heterocycles. The van der Waals surface area contributed by atoms with Gasteiger partial charge in [0.2, 0.25) is 0 Å². The summed E-state index contributed by atoms with van der Waals surface area (Å²) in [4.78, 5) is 0. The molecular formula is C11H20O. The normalized spacial score (nSPS) is 30.1. The minimum absolute atomic E-state index is 0.543. The minimum atomic E-state index is 0.543. The molecule has 12 heavy (non-hydrogen) atoms. The molecule has 0 atom stereocenters. The van der Waals surface area contributed by atoms with Crippen LogP contribution in [0.15, 0.2) is 12.7 Å². The predicted molar refractivity (Wildman–Crippen MR) is 52.2 cm³/mol. The fraction of sp³-hybridized carbons (Fsp3) is 0.818. The first-order valence-corrected chi connectivity index (χ1v) is 5.05. The summed E-state index contributed by atoms with van der Waals surface area (Å²) in [6.45, 7) is 6.87. The molecule has 1 aliphatic carbocycles. The van der Waals surface area contributed by atoms with Crippen molar-refractivity contribution in [3.63, 3.8) is 0 Å². The number of rotatable bonds is 4. The smallest absolute Gasteiger partial charge is 0.0575 e. The fourth-order valence-corrected chi connectivity index (χ4v) is 1.71. The Morgan fingerprint density at radius 1 is 1.33 bits per heavy atom. The molecule has 1 nitrogen and oxygen atoms in total. The van der Waals surface area contributed by atoms with Crippen LogP contribution < -0.4 is 0 Å². The van der Waals surface area contributed by atoms with E-state index in [1.54, 1.807) is 0 Å². The Hall–Kier alpha value is -0.300. The zero-order valence-electron chi connectivity index (χ0n) is 8.09. The van der Waals surface area contributed by atoms with E-state index in [0.717, 1.165) is 18.9 Å². The van der Waals surface area contributed by atoms with Crippen LogP contribution in [-0.2, 0) is 4.74 Å². The molecule has 0 aliphatic heterocycles. The van der Waals surface area contributed by atoms with Gasteiger partial charge >= 0.3 is 0 Å². The van der Waals surface area contributed by atoms with E-state index < -0.39 is 0 Å². The van der Waals surface area contributed by atoms with Crippen molar-refractivity contribution < 1.29 is 4.74 Å². The monoisotopic (exact) mass is 168 g/mol. The van der Waals surface area contributed by atoms with E-state index in [9.17, 15) is 0 Å². The summed E-state index contributed by atoms with van der Waals surface area (Å²) >= 11 is 0. The molecule has 1 heteroatoms. The van der Waals surface area contributed by atoms with Crippen molar-refractivity contribution in [1.29, 1.82) is 0 Å². The van der Waals surface area contributed by atoms with E-state index in [2.05, 4.69) is 13.5 Å². The largest absolute Gasteiger partial charge is 0.378 e. The van der Waals surface area contributed by atoms with Gasteiger partial charge in [0.05, 0.1) is 12.7 Å². The van der Waals surface area contributed by atoms with Gasteiger partial charge in [0, 0.05) is 0 Å². The van der Waals surface area contributed by atoms with E-state index in [1.165, 1.54) is 25.7 Å². The zero-order valence-corrected chi connectivity index (χ0v) is 8.09. The lowest BCUT2D eigenvalue weighted by molar-refractivity contribution is 0.0225. The van der Waals surface area contributed by atoms with Gasteiger partial charge in [-0.2, -0.15) is 0 Å². The fourth-order valence-electron chi connectivity index (χ4n) is 1.71. The van der Waals surface area contributed by atoms with Crippen molar-refractivity contribution in [1.82, 2.24) is 0 Å². The summed E-state index contributed by atoms with van der Waals surface area (Å²) < 4.78 is 5.70. The number of hydrogen-bond acceptors (Lipinski definition) is 1. The average Bonchev–Trinajstić information content (AvgIpc) is 2.09. The summed E-state index contributed by atoms with van der Waals surface area (Å²) in [5.74, 6) is 0.921. The second kappa shape index (κ2) is 5.36. The highest BCUT2D eigenvalue weighted by Crippen LogP contribution is 2.25. The summed E-state index contributed by atoms with van der Waals surface area (Å²) in [6.07, 6.45) is 8.67. The van der Waals surface area contributed by atoms with Crippen LogP contribution in [-0.4, -0.2) is 12.7 Å². The highest BCUT2D eigenvalue weighted by molar-refractivity contribution is 4.71. The van der Waals surface area contributed by atoms with Gasteiger partial charge in [-0.3, -0.25) is 0 Å². The lowest BCUT2D eigenvalue weighted by atomic mass is 9.89. The second-order valence-corrected chi connectivity index (χ2v) is 3.83. The van der Waals surface area contributed by atoms with Gasteiger partial charge in [-0.25, -0.2) is 0 Å². The SMILES string of the molecule is C=CCCOC1CCC(C)CC1. The van der Waals surface area contributed by atoms with Gasteiger partial charge in [0.1, 0.15) is 0 Å². The molecule has 0 amide bonds. The molecule has 0 aromatic carbocycles. The molecule has 0 spiro atoms. The molecule has 0 N–H and O–H groups in total. The van der Waals surface area contributed by atoms with Crippen molar-refractivity contribution >= 4 is 0 Å². The standard InChI is InChI=1S/C11H20O/c1-3-4-9-12-11-7-5-10(2)6-8-11/h3,10-11H,1,4-9H2,2H3. The van der Waals surface area contributed by atoms with Gasteiger partial charge in [-0.05, 0) is 38.0 Å². The first-order chi connectivity index (χ1) is 5.83. The summed E-state index contributed by atoms with van der Waals surface area (Å²) in [5.41, 5.74) is 0. The lowest BCUT2D eigenvalue weighted by Crippen LogP contribution is -2.20. The molecule has 1 saturated carbocycles. The predicted octanol–water partition coefficient (Wildman–Crippen LogP) is 3.16. The first-order valence-electron chi connectivity index (χ1n) is 5.05. The van der Waals surface area contributed by atoms with E-state index >= 15 is 0 Å². The Morgan fingerprint density at radius 2 is 2.00 bits per heavy atom. The van der Waals surface area contributed by atoms with Crippen molar-refractivity contribution in [3.8, 4) is 0 Å². The molecule has 0 aromatic rings. The zero-order chi connectivity index (χ0) is 8.81. The van der Waals surface area contributed by atoms with Crippen LogP contribution in [0.2, 0.25) is 0 Å². The third-order valence-corrected chi connectivity index (χ3v) is 2.64. The maximum atomic E-state index is 5.70. The highest BCUT2D eigenvalue weighted by Gasteiger charge is 2.17. The Labute approximate surface area is 75.8 Å². The molecule has 0 unspecified atom stereocenters. The van der Waals surface area contributed by atoms with Crippen LogP contribution >= 0.6 is 0 Å². The lowest BCUT2D eigenvalue weighted by Gasteiger charge is -2.26. The molecular weight excluding hydrogens is 148 g/mol. The third kappa shape index (κ3) is 3.40. The molecule has 0 radical (unpaired) electrons. The first kappa shape index (κ1) is 9.79. The molecule has 1 aliphatic rings. The van der Waals surface area contributed by atoms with Crippen molar-refractivity contribution in [2.45, 2.75) is 45.1 Å². The number of ether oxygens (including phenoxy) is 1. The van der Waals surface area contributed by atoms with Gasteiger partial charge in [-0.15, -0.1) is 6.58 Å². The molecule has 0 bridgehead atoms. The Morgan fingerprint density at radius 3 is 2.58 bits per heavy atom. The molecule has 0 aromatic heterocycles. The topological polar surface area (TPSA) is 9.23 Å². The molecule has 0 saturated heterocycles. The summed E-state index contributed by atoms with van der Waals surface area (Å²) in [6, 6.07) is 0. The van der Waals surface area contributed by atoms with E-state index in [4.69, 9.17) is 4.74 Å². The third-order valence-electron chi connectivity index (χ3n) is 2.64. The van der Waals surface area contributed by atoms with Crippen LogP contribution in [0, 0.1) is 5.92 Å². The Kier molecular flexibility index (Phi) is 4.37. The summed E-state index contributed by atoms with van der Waals surface area (Å²) in [5, 5.41) is 0. The molecule has 1 fully saturated rings. The molecule has 70 valence electrons. The second-order valence-electron chi connectivity index (χ2n) is 3.83. The number of hydrogen-bond donors (Lipinski definition) is 0. The van der Waals surface area contributed by atoms with Crippen molar-refractivity contribution in [2.75, 3.05) is 6.61 Å². The minimum Gasteiger partial charge on any atom is -0.378 e. The van der Waals surface area contributed by atoms with Crippen molar-refractivity contribution in [3.05, 3.63) is 12.7 Å². The quantitative estimate of drug-likeness (QED) is 0.463. The van der Waals surface area contributed by atoms with Gasteiger partial charge in [0.25, 0.3) is 0 Å². The van der Waals surface area contributed by atoms with Crippen LogP contribution in [0.4, 0.5) is 0 Å². The van der Waals surface area contributed by atoms with Crippen LogP contribution in [0.1, 0.15) is 39.0 Å². The Balaban J connectivity index is 2.05. The van der Waals surface area contributed by atoms with Crippen molar-refractivity contribution in [2.24, 2.45) is 5.92 Å².